The van der Waals surface area contributed by atoms with Gasteiger partial charge in [0.2, 0.25) is 0 Å². The van der Waals surface area contributed by atoms with Crippen LogP contribution in [0.5, 0.6) is 17.2 Å². The van der Waals surface area contributed by atoms with Crippen molar-refractivity contribution in [3.05, 3.63) is 82.9 Å². The summed E-state index contributed by atoms with van der Waals surface area (Å²) in [6.07, 6.45) is -4.57. The van der Waals surface area contributed by atoms with Crippen LogP contribution in [-0.4, -0.2) is 13.0 Å². The fraction of sp³-hybridized carbons (Fsp3) is 0.0952. The second kappa shape index (κ2) is 8.45. The normalized spacial score (nSPS) is 11.1. The maximum atomic E-state index is 13.1. The number of amides is 1. The molecule has 3 aromatic rings. The van der Waals surface area contributed by atoms with Crippen molar-refractivity contribution < 1.29 is 27.4 Å². The predicted octanol–water partition coefficient (Wildman–Crippen LogP) is 6.41. The van der Waals surface area contributed by atoms with Gasteiger partial charge in [-0.25, -0.2) is 0 Å². The zero-order chi connectivity index (χ0) is 21.0. The first-order valence-electron chi connectivity index (χ1n) is 8.36. The van der Waals surface area contributed by atoms with Crippen molar-refractivity contribution in [2.75, 3.05) is 12.4 Å². The maximum absolute atomic E-state index is 13.1. The molecule has 0 saturated carbocycles. The number of rotatable bonds is 5. The van der Waals surface area contributed by atoms with Gasteiger partial charge in [-0.3, -0.25) is 4.79 Å². The largest absolute Gasteiger partial charge is 0.497 e. The molecule has 0 bridgehead atoms. The maximum Gasteiger partial charge on any atom is 0.416 e. The number of alkyl halides is 3. The molecule has 29 heavy (non-hydrogen) atoms. The van der Waals surface area contributed by atoms with E-state index in [9.17, 15) is 18.0 Å². The Kier molecular flexibility index (Phi) is 5.98. The first kappa shape index (κ1) is 20.5. The van der Waals surface area contributed by atoms with Crippen molar-refractivity contribution in [1.29, 1.82) is 0 Å². The summed E-state index contributed by atoms with van der Waals surface area (Å²) in [4.78, 5) is 12.5. The van der Waals surface area contributed by atoms with Crippen LogP contribution in [0.4, 0.5) is 18.9 Å². The molecule has 0 radical (unpaired) electrons. The quantitative estimate of drug-likeness (QED) is 0.517. The summed E-state index contributed by atoms with van der Waals surface area (Å²) in [6.45, 7) is 0. The number of benzene rings is 3. The number of carbonyl (C=O) groups is 1. The molecule has 0 unspecified atom stereocenters. The fourth-order valence-electron chi connectivity index (χ4n) is 2.46. The molecule has 0 heterocycles. The lowest BCUT2D eigenvalue weighted by molar-refractivity contribution is -0.137. The molecule has 0 spiro atoms. The average Bonchev–Trinajstić information content (AvgIpc) is 2.69. The van der Waals surface area contributed by atoms with Gasteiger partial charge >= 0.3 is 6.18 Å². The van der Waals surface area contributed by atoms with Crippen molar-refractivity contribution in [1.82, 2.24) is 0 Å². The summed E-state index contributed by atoms with van der Waals surface area (Å²) in [7, 11) is 1.51. The minimum Gasteiger partial charge on any atom is -0.497 e. The number of methoxy groups -OCH3 is 1. The van der Waals surface area contributed by atoms with Gasteiger partial charge in [0.1, 0.15) is 11.5 Å². The number of halogens is 4. The van der Waals surface area contributed by atoms with Crippen molar-refractivity contribution >= 4 is 23.2 Å². The van der Waals surface area contributed by atoms with Crippen LogP contribution >= 0.6 is 11.6 Å². The molecule has 1 amide bonds. The van der Waals surface area contributed by atoms with E-state index in [4.69, 9.17) is 21.1 Å². The van der Waals surface area contributed by atoms with Crippen LogP contribution in [0.1, 0.15) is 15.9 Å². The zero-order valence-electron chi connectivity index (χ0n) is 15.1. The van der Waals surface area contributed by atoms with Crippen LogP contribution in [-0.2, 0) is 6.18 Å². The highest BCUT2D eigenvalue weighted by Crippen LogP contribution is 2.37. The third-order valence-corrected chi connectivity index (χ3v) is 4.20. The standard InChI is InChI=1S/C21H15ClF3NO3/c1-28-16-7-9-17(10-8-16)29-19-11-4-14(21(23,24)25)12-18(19)26-20(27)13-2-5-15(22)6-3-13/h2-12H,1H3,(H,26,27). The number of hydrogen-bond donors (Lipinski definition) is 1. The Balaban J connectivity index is 1.92. The van der Waals surface area contributed by atoms with E-state index in [1.165, 1.54) is 31.4 Å². The molecule has 0 atom stereocenters. The summed E-state index contributed by atoms with van der Waals surface area (Å²) in [5, 5.41) is 2.90. The minimum atomic E-state index is -4.57. The second-order valence-corrected chi connectivity index (χ2v) is 6.38. The average molecular weight is 422 g/mol. The van der Waals surface area contributed by atoms with Crippen molar-refractivity contribution in [2.45, 2.75) is 6.18 Å². The third kappa shape index (κ3) is 5.20. The van der Waals surface area contributed by atoms with E-state index in [1.807, 2.05) is 0 Å². The topological polar surface area (TPSA) is 47.6 Å². The van der Waals surface area contributed by atoms with E-state index in [0.717, 1.165) is 18.2 Å². The molecule has 1 N–H and O–H groups in total. The minimum absolute atomic E-state index is 0.0606. The van der Waals surface area contributed by atoms with Gasteiger partial charge in [-0.2, -0.15) is 13.2 Å². The summed E-state index contributed by atoms with van der Waals surface area (Å²) in [5.74, 6) is 0.430. The number of hydrogen-bond acceptors (Lipinski definition) is 3. The molecule has 0 aliphatic heterocycles. The number of carbonyl (C=O) groups excluding carboxylic acids is 1. The monoisotopic (exact) mass is 421 g/mol. The highest BCUT2D eigenvalue weighted by atomic mass is 35.5. The van der Waals surface area contributed by atoms with Gasteiger partial charge in [0.15, 0.2) is 5.75 Å². The Morgan fingerprint density at radius 1 is 0.931 bits per heavy atom. The fourth-order valence-corrected chi connectivity index (χ4v) is 2.59. The molecule has 3 aromatic carbocycles. The van der Waals surface area contributed by atoms with Gasteiger partial charge in [0, 0.05) is 10.6 Å². The summed E-state index contributed by atoms with van der Waals surface area (Å²) >= 11 is 5.80. The molecule has 0 aliphatic carbocycles. The molecule has 8 heteroatoms. The Morgan fingerprint density at radius 2 is 1.55 bits per heavy atom. The van der Waals surface area contributed by atoms with E-state index in [2.05, 4.69) is 5.32 Å². The molecule has 0 aromatic heterocycles. The Morgan fingerprint density at radius 3 is 2.14 bits per heavy atom. The third-order valence-electron chi connectivity index (χ3n) is 3.95. The van der Waals surface area contributed by atoms with Crippen LogP contribution < -0.4 is 14.8 Å². The lowest BCUT2D eigenvalue weighted by Gasteiger charge is -2.15. The lowest BCUT2D eigenvalue weighted by Crippen LogP contribution is -2.14. The van der Waals surface area contributed by atoms with Crippen molar-refractivity contribution in [3.63, 3.8) is 0 Å². The van der Waals surface area contributed by atoms with Crippen molar-refractivity contribution in [2.24, 2.45) is 0 Å². The molecule has 0 fully saturated rings. The van der Waals surface area contributed by atoms with E-state index in [0.29, 0.717) is 16.5 Å². The second-order valence-electron chi connectivity index (χ2n) is 5.95. The Hall–Kier alpha value is -3.19. The molecular formula is C21H15ClF3NO3. The highest BCUT2D eigenvalue weighted by molar-refractivity contribution is 6.30. The van der Waals surface area contributed by atoms with Crippen molar-refractivity contribution in [3.8, 4) is 17.2 Å². The van der Waals surface area contributed by atoms with E-state index in [1.54, 1.807) is 24.3 Å². The van der Waals surface area contributed by atoms with Crippen LogP contribution in [0, 0.1) is 0 Å². The molecule has 3 rings (SSSR count). The smallest absolute Gasteiger partial charge is 0.416 e. The molecular weight excluding hydrogens is 407 g/mol. The lowest BCUT2D eigenvalue weighted by atomic mass is 10.1. The van der Waals surface area contributed by atoms with E-state index < -0.39 is 17.6 Å². The molecule has 4 nitrogen and oxygen atoms in total. The predicted molar refractivity (Wildman–Crippen MR) is 104 cm³/mol. The highest BCUT2D eigenvalue weighted by Gasteiger charge is 2.31. The summed E-state index contributed by atoms with van der Waals surface area (Å²) < 4.78 is 50.1. The van der Waals surface area contributed by atoms with Crippen LogP contribution in [0.15, 0.2) is 66.7 Å². The van der Waals surface area contributed by atoms with Crippen LogP contribution in [0.2, 0.25) is 5.02 Å². The van der Waals surface area contributed by atoms with Gasteiger partial charge in [-0.1, -0.05) is 11.6 Å². The molecule has 0 aliphatic rings. The number of anilines is 1. The Bertz CT molecular complexity index is 1000. The molecule has 0 saturated heterocycles. The van der Waals surface area contributed by atoms with Crippen LogP contribution in [0.25, 0.3) is 0 Å². The number of nitrogens with one attached hydrogen (secondary N) is 1. The number of ether oxygens (including phenoxy) is 2. The van der Waals surface area contributed by atoms with Gasteiger partial charge in [0.25, 0.3) is 5.91 Å². The first-order valence-corrected chi connectivity index (χ1v) is 8.74. The van der Waals surface area contributed by atoms with Gasteiger partial charge in [-0.15, -0.1) is 0 Å². The summed E-state index contributed by atoms with van der Waals surface area (Å²) in [5.41, 5.74) is -0.788. The van der Waals surface area contributed by atoms with E-state index in [-0.39, 0.29) is 17.0 Å². The first-order chi connectivity index (χ1) is 13.8. The van der Waals surface area contributed by atoms with Crippen LogP contribution in [0.3, 0.4) is 0 Å². The molecule has 150 valence electrons. The van der Waals surface area contributed by atoms with Gasteiger partial charge in [-0.05, 0) is 66.7 Å². The van der Waals surface area contributed by atoms with Gasteiger partial charge in [0.05, 0.1) is 18.4 Å². The van der Waals surface area contributed by atoms with Gasteiger partial charge < -0.3 is 14.8 Å². The Labute approximate surface area is 169 Å². The summed E-state index contributed by atoms with van der Waals surface area (Å²) in [6, 6.07) is 15.3. The SMILES string of the molecule is COc1ccc(Oc2ccc(C(F)(F)F)cc2NC(=O)c2ccc(Cl)cc2)cc1. The zero-order valence-corrected chi connectivity index (χ0v) is 15.8. The van der Waals surface area contributed by atoms with E-state index >= 15 is 0 Å².